The topological polar surface area (TPSA) is 58.5 Å². The van der Waals surface area contributed by atoms with Crippen LogP contribution < -0.4 is 5.32 Å². The van der Waals surface area contributed by atoms with Gasteiger partial charge in [-0.15, -0.1) is 0 Å². The molecule has 0 saturated carbocycles. The van der Waals surface area contributed by atoms with Crippen LogP contribution in [0.1, 0.15) is 17.2 Å². The maximum absolute atomic E-state index is 4.41. The smallest absolute Gasteiger partial charge is 0.110 e. The van der Waals surface area contributed by atoms with Gasteiger partial charge in [-0.05, 0) is 19.1 Å². The predicted molar refractivity (Wildman–Crippen MR) is 77.4 cm³/mol. The van der Waals surface area contributed by atoms with E-state index in [1.54, 1.807) is 6.33 Å². The second-order valence-electron chi connectivity index (χ2n) is 4.65. The van der Waals surface area contributed by atoms with Gasteiger partial charge in [0.05, 0.1) is 18.2 Å². The van der Waals surface area contributed by atoms with Gasteiger partial charge < -0.3 is 10.3 Å². The van der Waals surface area contributed by atoms with Gasteiger partial charge in [-0.2, -0.15) is 0 Å². The van der Waals surface area contributed by atoms with Crippen LogP contribution in [-0.2, 0) is 13.1 Å². The maximum atomic E-state index is 4.41. The van der Waals surface area contributed by atoms with Crippen LogP contribution in [0.5, 0.6) is 0 Å². The lowest BCUT2D eigenvalue weighted by molar-refractivity contribution is 0.658. The second-order valence-corrected chi connectivity index (χ2v) is 4.65. The van der Waals surface area contributed by atoms with Gasteiger partial charge >= 0.3 is 0 Å². The third-order valence-corrected chi connectivity index (χ3v) is 3.20. The Kier molecular flexibility index (Phi) is 3.60. The minimum Gasteiger partial charge on any atom is -0.347 e. The highest BCUT2D eigenvalue weighted by molar-refractivity contribution is 5.35. The Bertz CT molecular complexity index is 655. The van der Waals surface area contributed by atoms with Gasteiger partial charge in [0.2, 0.25) is 0 Å². The maximum Gasteiger partial charge on any atom is 0.110 e. The molecule has 0 amide bonds. The van der Waals surface area contributed by atoms with E-state index in [2.05, 4.69) is 37.0 Å². The molecule has 0 aliphatic rings. The standard InChI is InChI=1S/C15H17N5/c1-12-18-10-15(9-16-7-13-8-17-11-19-13)20(12)14-5-3-2-4-6-14/h2-6,8,10-11,16H,7,9H2,1H3,(H,17,19). The molecule has 2 heterocycles. The number of aromatic amines is 1. The molecule has 3 aromatic rings. The fourth-order valence-corrected chi connectivity index (χ4v) is 2.25. The third-order valence-electron chi connectivity index (χ3n) is 3.20. The van der Waals surface area contributed by atoms with E-state index in [1.807, 2.05) is 37.5 Å². The van der Waals surface area contributed by atoms with Crippen LogP contribution in [0, 0.1) is 6.92 Å². The largest absolute Gasteiger partial charge is 0.347 e. The Balaban J connectivity index is 1.74. The summed E-state index contributed by atoms with van der Waals surface area (Å²) in [6.07, 6.45) is 5.43. The first-order valence-electron chi connectivity index (χ1n) is 6.61. The van der Waals surface area contributed by atoms with Crippen molar-refractivity contribution in [1.82, 2.24) is 24.8 Å². The minimum atomic E-state index is 0.759. The third kappa shape index (κ3) is 2.62. The van der Waals surface area contributed by atoms with E-state index in [0.717, 1.165) is 36.0 Å². The monoisotopic (exact) mass is 267 g/mol. The highest BCUT2D eigenvalue weighted by Gasteiger charge is 2.08. The Hall–Kier alpha value is -2.40. The van der Waals surface area contributed by atoms with E-state index in [-0.39, 0.29) is 0 Å². The summed E-state index contributed by atoms with van der Waals surface area (Å²) in [4.78, 5) is 11.5. The first-order valence-corrected chi connectivity index (χ1v) is 6.61. The highest BCUT2D eigenvalue weighted by Crippen LogP contribution is 2.14. The fraction of sp³-hybridized carbons (Fsp3) is 0.200. The number of rotatable bonds is 5. The number of aryl methyl sites for hydroxylation is 1. The number of nitrogens with zero attached hydrogens (tertiary/aromatic N) is 3. The predicted octanol–water partition coefficient (Wildman–Crippen LogP) is 2.19. The Morgan fingerprint density at radius 2 is 2.00 bits per heavy atom. The number of aromatic nitrogens is 4. The van der Waals surface area contributed by atoms with Crippen LogP contribution in [0.25, 0.3) is 5.69 Å². The summed E-state index contributed by atoms with van der Waals surface area (Å²) in [6, 6.07) is 10.3. The number of benzene rings is 1. The van der Waals surface area contributed by atoms with Gasteiger partial charge in [0.15, 0.2) is 0 Å². The molecule has 2 aromatic heterocycles. The number of para-hydroxylation sites is 1. The number of nitrogens with one attached hydrogen (secondary N) is 2. The van der Waals surface area contributed by atoms with Crippen LogP contribution in [0.2, 0.25) is 0 Å². The molecule has 0 saturated heterocycles. The summed E-state index contributed by atoms with van der Waals surface area (Å²) >= 11 is 0. The normalized spacial score (nSPS) is 10.8. The average molecular weight is 267 g/mol. The fourth-order valence-electron chi connectivity index (χ4n) is 2.25. The molecule has 102 valence electrons. The average Bonchev–Trinajstić information content (AvgIpc) is 3.10. The summed E-state index contributed by atoms with van der Waals surface area (Å²) in [6.45, 7) is 3.54. The lowest BCUT2D eigenvalue weighted by Crippen LogP contribution is -2.16. The molecule has 0 unspecified atom stereocenters. The first kappa shape index (κ1) is 12.6. The zero-order chi connectivity index (χ0) is 13.8. The van der Waals surface area contributed by atoms with Gasteiger partial charge in [0.25, 0.3) is 0 Å². The molecule has 0 spiro atoms. The molecule has 2 N–H and O–H groups in total. The zero-order valence-electron chi connectivity index (χ0n) is 11.4. The van der Waals surface area contributed by atoms with Gasteiger partial charge in [0, 0.05) is 30.7 Å². The van der Waals surface area contributed by atoms with Crippen molar-refractivity contribution in [3.8, 4) is 5.69 Å². The molecule has 0 atom stereocenters. The van der Waals surface area contributed by atoms with Crippen molar-refractivity contribution in [3.63, 3.8) is 0 Å². The molecule has 5 nitrogen and oxygen atoms in total. The molecular formula is C15H17N5. The highest BCUT2D eigenvalue weighted by atomic mass is 15.1. The summed E-state index contributed by atoms with van der Waals surface area (Å²) in [7, 11) is 0. The van der Waals surface area contributed by atoms with Crippen molar-refractivity contribution in [1.29, 1.82) is 0 Å². The van der Waals surface area contributed by atoms with Gasteiger partial charge in [0.1, 0.15) is 5.82 Å². The van der Waals surface area contributed by atoms with Crippen molar-refractivity contribution < 1.29 is 0 Å². The van der Waals surface area contributed by atoms with E-state index in [9.17, 15) is 0 Å². The van der Waals surface area contributed by atoms with Crippen LogP contribution >= 0.6 is 0 Å². The van der Waals surface area contributed by atoms with Gasteiger partial charge in [-0.25, -0.2) is 9.97 Å². The SMILES string of the molecule is Cc1ncc(CNCc2cnc[nH]2)n1-c1ccccc1. The second kappa shape index (κ2) is 5.71. The first-order chi connectivity index (χ1) is 9.84. The van der Waals surface area contributed by atoms with E-state index in [1.165, 1.54) is 0 Å². The Morgan fingerprint density at radius 1 is 1.15 bits per heavy atom. The summed E-state index contributed by atoms with van der Waals surface area (Å²) in [5.41, 5.74) is 3.36. The van der Waals surface area contributed by atoms with Crippen LogP contribution in [0.4, 0.5) is 0 Å². The van der Waals surface area contributed by atoms with Gasteiger partial charge in [-0.1, -0.05) is 18.2 Å². The molecule has 0 bridgehead atoms. The van der Waals surface area contributed by atoms with Crippen LogP contribution in [0.15, 0.2) is 49.1 Å². The summed E-state index contributed by atoms with van der Waals surface area (Å²) in [5, 5.41) is 3.40. The zero-order valence-corrected chi connectivity index (χ0v) is 11.4. The molecule has 20 heavy (non-hydrogen) atoms. The number of hydrogen-bond acceptors (Lipinski definition) is 3. The van der Waals surface area contributed by atoms with E-state index < -0.39 is 0 Å². The molecule has 1 aromatic carbocycles. The molecule has 0 radical (unpaired) electrons. The number of H-pyrrole nitrogens is 1. The van der Waals surface area contributed by atoms with Crippen LogP contribution in [-0.4, -0.2) is 19.5 Å². The number of hydrogen-bond donors (Lipinski definition) is 2. The summed E-state index contributed by atoms with van der Waals surface area (Å²) in [5.74, 6) is 0.995. The molecular weight excluding hydrogens is 250 g/mol. The minimum absolute atomic E-state index is 0.759. The van der Waals surface area contributed by atoms with Crippen molar-refractivity contribution >= 4 is 0 Å². The van der Waals surface area contributed by atoms with Gasteiger partial charge in [-0.3, -0.25) is 4.57 Å². The molecule has 0 fully saturated rings. The Labute approximate surface area is 117 Å². The Morgan fingerprint density at radius 3 is 2.75 bits per heavy atom. The quantitative estimate of drug-likeness (QED) is 0.745. The van der Waals surface area contributed by atoms with Crippen molar-refractivity contribution in [2.75, 3.05) is 0 Å². The van der Waals surface area contributed by atoms with E-state index in [4.69, 9.17) is 0 Å². The van der Waals surface area contributed by atoms with Crippen LogP contribution in [0.3, 0.4) is 0 Å². The van der Waals surface area contributed by atoms with E-state index >= 15 is 0 Å². The molecule has 5 heteroatoms. The van der Waals surface area contributed by atoms with Crippen molar-refractivity contribution in [2.45, 2.75) is 20.0 Å². The van der Waals surface area contributed by atoms with E-state index in [0.29, 0.717) is 0 Å². The summed E-state index contributed by atoms with van der Waals surface area (Å²) < 4.78 is 2.17. The lowest BCUT2D eigenvalue weighted by atomic mass is 10.3. The lowest BCUT2D eigenvalue weighted by Gasteiger charge is -2.10. The van der Waals surface area contributed by atoms with Crippen molar-refractivity contribution in [2.24, 2.45) is 0 Å². The number of imidazole rings is 2. The van der Waals surface area contributed by atoms with Crippen molar-refractivity contribution in [3.05, 3.63) is 66.3 Å². The molecule has 0 aliphatic heterocycles. The molecule has 3 rings (SSSR count). The molecule has 0 aliphatic carbocycles.